The van der Waals surface area contributed by atoms with E-state index in [1.165, 1.54) is 5.56 Å². The molecule has 0 aliphatic rings. The lowest BCUT2D eigenvalue weighted by Crippen LogP contribution is -2.34. The van der Waals surface area contributed by atoms with Crippen LogP contribution >= 0.6 is 12.2 Å². The Kier molecular flexibility index (Phi) is 6.34. The predicted molar refractivity (Wildman–Crippen MR) is 92.7 cm³/mol. The van der Waals surface area contributed by atoms with Gasteiger partial charge in [0.05, 0.1) is 4.99 Å². The zero-order valence-corrected chi connectivity index (χ0v) is 14.3. The Labute approximate surface area is 133 Å². The molecule has 0 aliphatic carbocycles. The van der Waals surface area contributed by atoms with Crippen LogP contribution in [0.4, 0.5) is 0 Å². The van der Waals surface area contributed by atoms with Gasteiger partial charge in [-0.25, -0.2) is 0 Å². The Morgan fingerprint density at radius 3 is 2.19 bits per heavy atom. The molecule has 0 bridgehead atoms. The summed E-state index contributed by atoms with van der Waals surface area (Å²) in [4.78, 5) is 14.8. The lowest BCUT2D eigenvalue weighted by molar-refractivity contribution is 0.0760. The van der Waals surface area contributed by atoms with E-state index >= 15 is 0 Å². The number of carbonyl (C=O) groups is 1. The maximum Gasteiger partial charge on any atom is 0.253 e. The van der Waals surface area contributed by atoms with E-state index in [9.17, 15) is 4.79 Å². The topological polar surface area (TPSA) is 46.3 Å². The minimum atomic E-state index is 0.0496. The second-order valence-corrected chi connectivity index (χ2v) is 6.86. The summed E-state index contributed by atoms with van der Waals surface area (Å²) < 4.78 is 0. The third-order valence-electron chi connectivity index (χ3n) is 3.41. The van der Waals surface area contributed by atoms with E-state index in [1.54, 1.807) is 0 Å². The van der Waals surface area contributed by atoms with Crippen molar-refractivity contribution in [2.45, 2.75) is 46.0 Å². The fourth-order valence-electron chi connectivity index (χ4n) is 2.13. The van der Waals surface area contributed by atoms with Crippen molar-refractivity contribution in [3.63, 3.8) is 0 Å². The molecule has 2 N–H and O–H groups in total. The minimum absolute atomic E-state index is 0.0496. The molecule has 0 atom stereocenters. The van der Waals surface area contributed by atoms with Crippen molar-refractivity contribution in [3.8, 4) is 0 Å². The molecule has 0 aliphatic heterocycles. The molecule has 0 radical (unpaired) electrons. The van der Waals surface area contributed by atoms with Crippen molar-refractivity contribution in [1.82, 2.24) is 4.90 Å². The smallest absolute Gasteiger partial charge is 0.253 e. The highest BCUT2D eigenvalue weighted by Gasteiger charge is 2.17. The molecule has 0 saturated heterocycles. The van der Waals surface area contributed by atoms with Crippen LogP contribution in [0.25, 0.3) is 0 Å². The number of carbonyl (C=O) groups excluding carboxylic acids is 1. The Bertz CT molecular complexity index is 489. The SMILES string of the molecule is CCCN(CCC(N)=S)C(=O)c1ccc(C(C)(C)C)cc1. The summed E-state index contributed by atoms with van der Waals surface area (Å²) in [7, 11) is 0. The van der Waals surface area contributed by atoms with Gasteiger partial charge in [0.25, 0.3) is 5.91 Å². The van der Waals surface area contributed by atoms with Crippen LogP contribution in [-0.4, -0.2) is 28.9 Å². The number of nitrogens with zero attached hydrogens (tertiary/aromatic N) is 1. The van der Waals surface area contributed by atoms with E-state index in [1.807, 2.05) is 29.2 Å². The third kappa shape index (κ3) is 5.46. The highest BCUT2D eigenvalue weighted by atomic mass is 32.1. The van der Waals surface area contributed by atoms with Gasteiger partial charge in [-0.05, 0) is 29.5 Å². The van der Waals surface area contributed by atoms with Crippen molar-refractivity contribution in [1.29, 1.82) is 0 Å². The fourth-order valence-corrected chi connectivity index (χ4v) is 2.22. The number of amides is 1. The molecule has 4 heteroatoms. The van der Waals surface area contributed by atoms with E-state index in [0.29, 0.717) is 18.0 Å². The van der Waals surface area contributed by atoms with E-state index in [4.69, 9.17) is 18.0 Å². The number of hydrogen-bond donors (Lipinski definition) is 1. The average Bonchev–Trinajstić information content (AvgIpc) is 2.41. The first-order valence-electron chi connectivity index (χ1n) is 7.44. The maximum absolute atomic E-state index is 12.6. The number of rotatable bonds is 6. The van der Waals surface area contributed by atoms with Gasteiger partial charge < -0.3 is 10.6 Å². The van der Waals surface area contributed by atoms with Gasteiger partial charge in [-0.15, -0.1) is 0 Å². The van der Waals surface area contributed by atoms with Crippen LogP contribution < -0.4 is 5.73 Å². The second-order valence-electron chi connectivity index (χ2n) is 6.34. The first-order valence-corrected chi connectivity index (χ1v) is 7.84. The molecular formula is C17H26N2OS. The molecular weight excluding hydrogens is 280 g/mol. The van der Waals surface area contributed by atoms with Gasteiger partial charge in [0, 0.05) is 25.1 Å². The molecule has 1 rings (SSSR count). The van der Waals surface area contributed by atoms with Crippen molar-refractivity contribution in [3.05, 3.63) is 35.4 Å². The number of benzene rings is 1. The Morgan fingerprint density at radius 2 is 1.76 bits per heavy atom. The standard InChI is InChI=1S/C17H26N2OS/c1-5-11-19(12-10-15(18)21)16(20)13-6-8-14(9-7-13)17(2,3)4/h6-9H,5,10-12H2,1-4H3,(H2,18,21). The molecule has 0 aromatic heterocycles. The Morgan fingerprint density at radius 1 is 1.19 bits per heavy atom. The molecule has 0 heterocycles. The van der Waals surface area contributed by atoms with Crippen LogP contribution in [0, 0.1) is 0 Å². The summed E-state index contributed by atoms with van der Waals surface area (Å²) >= 11 is 4.90. The highest BCUT2D eigenvalue weighted by Crippen LogP contribution is 2.22. The van der Waals surface area contributed by atoms with E-state index < -0.39 is 0 Å². The molecule has 0 unspecified atom stereocenters. The molecule has 0 saturated carbocycles. The quantitative estimate of drug-likeness (QED) is 0.818. The van der Waals surface area contributed by atoms with Gasteiger partial charge in [0.1, 0.15) is 0 Å². The van der Waals surface area contributed by atoms with Crippen LogP contribution in [0.2, 0.25) is 0 Å². The highest BCUT2D eigenvalue weighted by molar-refractivity contribution is 7.80. The van der Waals surface area contributed by atoms with Crippen molar-refractivity contribution in [2.75, 3.05) is 13.1 Å². The first-order chi connectivity index (χ1) is 9.75. The maximum atomic E-state index is 12.6. The van der Waals surface area contributed by atoms with Crippen LogP contribution in [0.3, 0.4) is 0 Å². The third-order valence-corrected chi connectivity index (χ3v) is 3.61. The van der Waals surface area contributed by atoms with Crippen molar-refractivity contribution < 1.29 is 4.79 Å². The summed E-state index contributed by atoms with van der Waals surface area (Å²) in [6.45, 7) is 9.86. The molecule has 1 aromatic rings. The monoisotopic (exact) mass is 306 g/mol. The van der Waals surface area contributed by atoms with Crippen LogP contribution in [0.1, 0.15) is 56.5 Å². The summed E-state index contributed by atoms with van der Waals surface area (Å²) in [5.74, 6) is 0.0496. The molecule has 0 spiro atoms. The van der Waals surface area contributed by atoms with Gasteiger partial charge in [-0.3, -0.25) is 4.79 Å². The van der Waals surface area contributed by atoms with E-state index in [-0.39, 0.29) is 11.3 Å². The molecule has 116 valence electrons. The summed E-state index contributed by atoms with van der Waals surface area (Å²) in [6, 6.07) is 7.88. The second kappa shape index (κ2) is 7.55. The lowest BCUT2D eigenvalue weighted by atomic mass is 9.86. The Balaban J connectivity index is 2.85. The predicted octanol–water partition coefficient (Wildman–Crippen LogP) is 3.51. The summed E-state index contributed by atoms with van der Waals surface area (Å²) in [6.07, 6.45) is 1.49. The normalized spacial score (nSPS) is 11.2. The summed E-state index contributed by atoms with van der Waals surface area (Å²) in [5.41, 5.74) is 7.58. The van der Waals surface area contributed by atoms with Gasteiger partial charge in [-0.1, -0.05) is 52.0 Å². The van der Waals surface area contributed by atoms with Gasteiger partial charge in [-0.2, -0.15) is 0 Å². The van der Waals surface area contributed by atoms with Gasteiger partial charge >= 0.3 is 0 Å². The first kappa shape index (κ1) is 17.6. The van der Waals surface area contributed by atoms with E-state index in [0.717, 1.165) is 18.5 Å². The zero-order chi connectivity index (χ0) is 16.0. The molecule has 1 aromatic carbocycles. The molecule has 3 nitrogen and oxygen atoms in total. The van der Waals surface area contributed by atoms with E-state index in [2.05, 4.69) is 27.7 Å². The van der Waals surface area contributed by atoms with Crippen molar-refractivity contribution in [2.24, 2.45) is 5.73 Å². The lowest BCUT2D eigenvalue weighted by Gasteiger charge is -2.23. The average molecular weight is 306 g/mol. The fraction of sp³-hybridized carbons (Fsp3) is 0.529. The largest absolute Gasteiger partial charge is 0.393 e. The van der Waals surface area contributed by atoms with Gasteiger partial charge in [0.15, 0.2) is 0 Å². The zero-order valence-electron chi connectivity index (χ0n) is 13.5. The van der Waals surface area contributed by atoms with Gasteiger partial charge in [0.2, 0.25) is 0 Å². The Hall–Kier alpha value is -1.42. The van der Waals surface area contributed by atoms with Crippen LogP contribution in [0.15, 0.2) is 24.3 Å². The van der Waals surface area contributed by atoms with Crippen molar-refractivity contribution >= 4 is 23.1 Å². The summed E-state index contributed by atoms with van der Waals surface area (Å²) in [5, 5.41) is 0. The molecule has 1 amide bonds. The molecule has 21 heavy (non-hydrogen) atoms. The minimum Gasteiger partial charge on any atom is -0.393 e. The number of nitrogens with two attached hydrogens (primary N) is 1. The number of thiocarbonyl (C=S) groups is 1. The van der Waals surface area contributed by atoms with Crippen LogP contribution in [0.5, 0.6) is 0 Å². The number of hydrogen-bond acceptors (Lipinski definition) is 2. The van der Waals surface area contributed by atoms with Crippen LogP contribution in [-0.2, 0) is 5.41 Å². The molecule has 0 fully saturated rings.